The molecule has 2 aliphatic rings. The first-order valence-electron chi connectivity index (χ1n) is 13.4. The number of fused-ring (bicyclic) bond motifs is 1. The highest BCUT2D eigenvalue weighted by Gasteiger charge is 2.52. The molecule has 2 N–H and O–H groups in total. The van der Waals surface area contributed by atoms with E-state index in [2.05, 4.69) is 10.3 Å². The van der Waals surface area contributed by atoms with Crippen molar-refractivity contribution in [1.29, 1.82) is 0 Å². The number of nitrogens with zero attached hydrogens (tertiary/aromatic N) is 3. The number of hydrazine groups is 1. The minimum absolute atomic E-state index is 0.161. The summed E-state index contributed by atoms with van der Waals surface area (Å²) in [5.74, 6) is -3.26. The molecule has 1 saturated heterocycles. The van der Waals surface area contributed by atoms with Gasteiger partial charge in [0.15, 0.2) is 0 Å². The highest BCUT2D eigenvalue weighted by Crippen LogP contribution is 2.43. The first-order chi connectivity index (χ1) is 20.5. The van der Waals surface area contributed by atoms with E-state index in [0.717, 1.165) is 17.1 Å². The van der Waals surface area contributed by atoms with E-state index in [1.807, 2.05) is 0 Å². The van der Waals surface area contributed by atoms with Crippen molar-refractivity contribution in [3.8, 4) is 11.1 Å². The summed E-state index contributed by atoms with van der Waals surface area (Å²) in [4.78, 5) is 30.7. The summed E-state index contributed by atoms with van der Waals surface area (Å²) in [7, 11) is 0. The van der Waals surface area contributed by atoms with Gasteiger partial charge in [0.2, 0.25) is 0 Å². The predicted molar refractivity (Wildman–Crippen MR) is 144 cm³/mol. The summed E-state index contributed by atoms with van der Waals surface area (Å²) >= 11 is 0. The van der Waals surface area contributed by atoms with Gasteiger partial charge in [-0.2, -0.15) is 26.3 Å². The molecule has 232 valence electrons. The maximum absolute atomic E-state index is 14.9. The van der Waals surface area contributed by atoms with Crippen LogP contribution in [0.4, 0.5) is 36.4 Å². The molecule has 3 heterocycles. The molecule has 0 bridgehead atoms. The Balaban J connectivity index is 1.54. The number of rotatable bonds is 5. The van der Waals surface area contributed by atoms with Crippen LogP contribution in [0.25, 0.3) is 11.1 Å². The number of pyridine rings is 1. The summed E-state index contributed by atoms with van der Waals surface area (Å²) in [6, 6.07) is 8.29. The van der Waals surface area contributed by atoms with Gasteiger partial charge in [-0.1, -0.05) is 24.3 Å². The molecule has 0 radical (unpaired) electrons. The van der Waals surface area contributed by atoms with Crippen LogP contribution in [0.3, 0.4) is 0 Å². The SMILES string of the molecule is Cc1cccc(CN2C(=O)C(C(=O)Nc3ccc(C(F)(F)F)cc3-c3ccc(C(F)(F)F)nc3)=C(O)[C@@]3(C)CCCN23)c1F. The molecule has 5 rings (SSSR count). The Morgan fingerprint density at radius 3 is 2.43 bits per heavy atom. The average Bonchev–Trinajstić information content (AvgIpc) is 3.35. The molecule has 14 heteroatoms. The Hall–Kier alpha value is -4.46. The topological polar surface area (TPSA) is 85.8 Å². The van der Waals surface area contributed by atoms with E-state index in [1.54, 1.807) is 31.0 Å². The van der Waals surface area contributed by atoms with Crippen LogP contribution in [-0.2, 0) is 28.5 Å². The predicted octanol–water partition coefficient (Wildman–Crippen LogP) is 6.80. The number of amides is 2. The monoisotopic (exact) mass is 622 g/mol. The number of carbonyl (C=O) groups excluding carboxylic acids is 2. The number of aromatic nitrogens is 1. The Kier molecular flexibility index (Phi) is 7.69. The minimum atomic E-state index is -4.83. The van der Waals surface area contributed by atoms with Crippen molar-refractivity contribution < 1.29 is 45.4 Å². The molecule has 2 amide bonds. The summed E-state index contributed by atoms with van der Waals surface area (Å²) < 4.78 is 94.7. The van der Waals surface area contributed by atoms with Gasteiger partial charge in [-0.25, -0.2) is 9.40 Å². The lowest BCUT2D eigenvalue weighted by molar-refractivity contribution is -0.160. The molecule has 1 atom stereocenters. The van der Waals surface area contributed by atoms with Crippen molar-refractivity contribution in [2.24, 2.45) is 0 Å². The molecule has 0 unspecified atom stereocenters. The van der Waals surface area contributed by atoms with Crippen LogP contribution in [0.15, 0.2) is 66.1 Å². The Bertz CT molecular complexity index is 1670. The first kappa shape index (κ1) is 31.0. The van der Waals surface area contributed by atoms with Crippen LogP contribution < -0.4 is 5.32 Å². The van der Waals surface area contributed by atoms with Gasteiger partial charge < -0.3 is 10.4 Å². The maximum Gasteiger partial charge on any atom is 0.433 e. The Labute approximate surface area is 246 Å². The quantitative estimate of drug-likeness (QED) is 0.242. The minimum Gasteiger partial charge on any atom is -0.509 e. The third-order valence-corrected chi connectivity index (χ3v) is 7.87. The van der Waals surface area contributed by atoms with Crippen LogP contribution in [-0.4, -0.2) is 44.0 Å². The molecular weight excluding hydrogens is 597 g/mol. The van der Waals surface area contributed by atoms with E-state index in [4.69, 9.17) is 0 Å². The summed E-state index contributed by atoms with van der Waals surface area (Å²) in [5.41, 5.74) is -4.65. The molecule has 2 aromatic carbocycles. The van der Waals surface area contributed by atoms with E-state index in [9.17, 15) is 45.4 Å². The number of anilines is 1. The number of aliphatic hydroxyl groups excluding tert-OH is 1. The highest BCUT2D eigenvalue weighted by atomic mass is 19.4. The summed E-state index contributed by atoms with van der Waals surface area (Å²) in [6.45, 7) is 3.20. The molecular formula is C30H25F7N4O3. The van der Waals surface area contributed by atoms with E-state index in [1.165, 1.54) is 6.07 Å². The second-order valence-corrected chi connectivity index (χ2v) is 10.8. The fraction of sp³-hybridized carbons (Fsp3) is 0.300. The van der Waals surface area contributed by atoms with Gasteiger partial charge in [0.1, 0.15) is 22.8 Å². The zero-order valence-electron chi connectivity index (χ0n) is 23.3. The van der Waals surface area contributed by atoms with Crippen LogP contribution in [0.2, 0.25) is 0 Å². The summed E-state index contributed by atoms with van der Waals surface area (Å²) in [5, 5.41) is 16.3. The number of carbonyl (C=O) groups is 2. The van der Waals surface area contributed by atoms with Crippen molar-refractivity contribution in [2.45, 2.75) is 51.1 Å². The van der Waals surface area contributed by atoms with Crippen LogP contribution in [0.1, 0.15) is 42.1 Å². The fourth-order valence-corrected chi connectivity index (χ4v) is 5.51. The van der Waals surface area contributed by atoms with Crippen molar-refractivity contribution in [1.82, 2.24) is 15.0 Å². The van der Waals surface area contributed by atoms with Crippen LogP contribution >= 0.6 is 0 Å². The molecule has 44 heavy (non-hydrogen) atoms. The zero-order chi connectivity index (χ0) is 32.2. The van der Waals surface area contributed by atoms with Gasteiger partial charge in [0.25, 0.3) is 11.8 Å². The number of halogens is 7. The molecule has 1 fully saturated rings. The van der Waals surface area contributed by atoms with Gasteiger partial charge in [-0.05, 0) is 56.5 Å². The molecule has 7 nitrogen and oxygen atoms in total. The van der Waals surface area contributed by atoms with Crippen molar-refractivity contribution >= 4 is 17.5 Å². The largest absolute Gasteiger partial charge is 0.509 e. The van der Waals surface area contributed by atoms with Crippen LogP contribution in [0.5, 0.6) is 0 Å². The summed E-state index contributed by atoms with van der Waals surface area (Å²) in [6.07, 6.45) is -8.06. The number of nitrogens with one attached hydrogen (secondary N) is 1. The fourth-order valence-electron chi connectivity index (χ4n) is 5.51. The van der Waals surface area contributed by atoms with Gasteiger partial charge in [0, 0.05) is 35.1 Å². The number of benzene rings is 2. The third-order valence-electron chi connectivity index (χ3n) is 7.87. The molecule has 0 spiro atoms. The lowest BCUT2D eigenvalue weighted by Gasteiger charge is -2.46. The maximum atomic E-state index is 14.9. The Morgan fingerprint density at radius 1 is 1.07 bits per heavy atom. The van der Waals surface area contributed by atoms with Crippen LogP contribution in [0, 0.1) is 12.7 Å². The lowest BCUT2D eigenvalue weighted by atomic mass is 9.90. The number of hydrogen-bond acceptors (Lipinski definition) is 5. The van der Waals surface area contributed by atoms with E-state index < -0.39 is 58.1 Å². The van der Waals surface area contributed by atoms with E-state index in [0.29, 0.717) is 49.3 Å². The number of aryl methyl sites for hydroxylation is 1. The van der Waals surface area contributed by atoms with Gasteiger partial charge in [-0.3, -0.25) is 19.6 Å². The van der Waals surface area contributed by atoms with Crippen molar-refractivity contribution in [3.63, 3.8) is 0 Å². The molecule has 2 aliphatic heterocycles. The van der Waals surface area contributed by atoms with Gasteiger partial charge in [-0.15, -0.1) is 0 Å². The van der Waals surface area contributed by atoms with E-state index in [-0.39, 0.29) is 28.9 Å². The number of aliphatic hydroxyl groups is 1. The molecule has 3 aromatic rings. The second kappa shape index (κ2) is 10.9. The average molecular weight is 623 g/mol. The number of hydrogen-bond donors (Lipinski definition) is 2. The first-order valence-corrected chi connectivity index (χ1v) is 13.4. The second-order valence-electron chi connectivity index (χ2n) is 10.8. The van der Waals surface area contributed by atoms with Crippen molar-refractivity contribution in [2.75, 3.05) is 11.9 Å². The Morgan fingerprint density at radius 2 is 1.80 bits per heavy atom. The van der Waals surface area contributed by atoms with E-state index >= 15 is 0 Å². The molecule has 0 saturated carbocycles. The normalized spacial score (nSPS) is 19.4. The standard InChI is InChI=1S/C30H25F7N4O3/c1-16-5-3-6-18(24(16)31)15-40-27(44)23(25(42)28(2)11-4-12-41(28)40)26(43)39-21-9-8-19(29(32,33)34)13-20(21)17-7-10-22(38-14-17)30(35,36)37/h3,5-10,13-14,42H,4,11-12,15H2,1-2H3,(H,39,43)/t28-/m1/s1. The zero-order valence-corrected chi connectivity index (χ0v) is 23.3. The number of alkyl halides is 6. The molecule has 0 aliphatic carbocycles. The smallest absolute Gasteiger partial charge is 0.433 e. The third kappa shape index (κ3) is 5.49. The highest BCUT2D eigenvalue weighted by molar-refractivity contribution is 6.24. The van der Waals surface area contributed by atoms with Gasteiger partial charge in [0.05, 0.1) is 17.6 Å². The van der Waals surface area contributed by atoms with Gasteiger partial charge >= 0.3 is 12.4 Å². The lowest BCUT2D eigenvalue weighted by Crippen LogP contribution is -2.60. The molecule has 1 aromatic heterocycles. The van der Waals surface area contributed by atoms with Crippen molar-refractivity contribution in [3.05, 3.63) is 94.3 Å².